The molecule has 110 valence electrons. The number of carbonyl (C=O) groups excluding carboxylic acids is 1. The Bertz CT molecular complexity index is 447. The zero-order valence-electron chi connectivity index (χ0n) is 12.0. The van der Waals surface area contributed by atoms with Crippen molar-refractivity contribution in [3.63, 3.8) is 0 Å². The lowest BCUT2D eigenvalue weighted by atomic mass is 10.2. The normalized spacial score (nSPS) is 19.6. The molecule has 1 aliphatic rings. The zero-order valence-corrected chi connectivity index (χ0v) is 12.8. The fraction of sp³-hybridized carbons (Fsp3) is 0.533. The molecular formula is C15H22N2O2S. The number of rotatable bonds is 6. The molecule has 1 amide bonds. The number of benzene rings is 1. The van der Waals surface area contributed by atoms with Gasteiger partial charge in [0.05, 0.1) is 12.6 Å². The summed E-state index contributed by atoms with van der Waals surface area (Å²) in [6.07, 6.45) is 0.871. The molecular weight excluding hydrogens is 272 g/mol. The summed E-state index contributed by atoms with van der Waals surface area (Å²) >= 11 is 1.75. The zero-order chi connectivity index (χ0) is 14.4. The highest BCUT2D eigenvalue weighted by Crippen LogP contribution is 2.18. The molecule has 1 fully saturated rings. The number of nitrogens with one attached hydrogen (secondary N) is 2. The smallest absolute Gasteiger partial charge is 0.238 e. The number of amides is 1. The number of hydrogen-bond acceptors (Lipinski definition) is 4. The summed E-state index contributed by atoms with van der Waals surface area (Å²) in [4.78, 5) is 11.9. The van der Waals surface area contributed by atoms with Crippen LogP contribution in [0.3, 0.4) is 0 Å². The number of thioether (sulfide) groups is 1. The minimum Gasteiger partial charge on any atom is -0.488 e. The molecule has 2 rings (SSSR count). The molecule has 0 aromatic heterocycles. The van der Waals surface area contributed by atoms with Crippen LogP contribution in [0.25, 0.3) is 0 Å². The lowest BCUT2D eigenvalue weighted by Gasteiger charge is -2.20. The van der Waals surface area contributed by atoms with Crippen molar-refractivity contribution in [2.45, 2.75) is 32.4 Å². The maximum Gasteiger partial charge on any atom is 0.238 e. The maximum absolute atomic E-state index is 11.9. The maximum atomic E-state index is 11.9. The van der Waals surface area contributed by atoms with Gasteiger partial charge in [0.25, 0.3) is 0 Å². The van der Waals surface area contributed by atoms with E-state index in [1.54, 1.807) is 11.8 Å². The second-order valence-corrected chi connectivity index (χ2v) is 5.96. The molecule has 0 spiro atoms. The summed E-state index contributed by atoms with van der Waals surface area (Å²) in [5, 5.41) is 6.14. The Morgan fingerprint density at radius 2 is 2.35 bits per heavy atom. The van der Waals surface area contributed by atoms with Gasteiger partial charge in [0.1, 0.15) is 11.9 Å². The molecule has 0 unspecified atom stereocenters. The third kappa shape index (κ3) is 4.15. The van der Waals surface area contributed by atoms with E-state index in [0.29, 0.717) is 6.54 Å². The quantitative estimate of drug-likeness (QED) is 0.842. The van der Waals surface area contributed by atoms with E-state index in [9.17, 15) is 4.79 Å². The fourth-order valence-corrected chi connectivity index (χ4v) is 2.98. The third-order valence-corrected chi connectivity index (χ3v) is 4.32. The second-order valence-electron chi connectivity index (χ2n) is 4.93. The lowest BCUT2D eigenvalue weighted by molar-refractivity contribution is -0.122. The van der Waals surface area contributed by atoms with Crippen molar-refractivity contribution in [1.82, 2.24) is 10.6 Å². The van der Waals surface area contributed by atoms with E-state index < -0.39 is 0 Å². The Balaban J connectivity index is 1.83. The molecule has 4 nitrogen and oxygen atoms in total. The van der Waals surface area contributed by atoms with Gasteiger partial charge in [0.15, 0.2) is 0 Å². The average Bonchev–Trinajstić information content (AvgIpc) is 2.99. The van der Waals surface area contributed by atoms with Crippen molar-refractivity contribution in [2.75, 3.05) is 18.2 Å². The van der Waals surface area contributed by atoms with Crippen molar-refractivity contribution in [1.29, 1.82) is 0 Å². The van der Waals surface area contributed by atoms with E-state index >= 15 is 0 Å². The standard InChI is InChI=1S/C15H22N2O2S/c1-3-12(19-14-7-5-4-6-11(14)2)8-16-15(18)13-9-20-10-17-13/h4-7,12-13,17H,3,8-10H2,1-2H3,(H,16,18)/t12-,13-/m0/s1. The highest BCUT2D eigenvalue weighted by molar-refractivity contribution is 7.99. The molecule has 20 heavy (non-hydrogen) atoms. The molecule has 0 saturated carbocycles. The summed E-state index contributed by atoms with van der Waals surface area (Å²) in [6, 6.07) is 7.90. The molecule has 1 heterocycles. The van der Waals surface area contributed by atoms with Gasteiger partial charge in [0.2, 0.25) is 5.91 Å². The molecule has 2 N–H and O–H groups in total. The Morgan fingerprint density at radius 1 is 1.55 bits per heavy atom. The van der Waals surface area contributed by atoms with Gasteiger partial charge < -0.3 is 10.1 Å². The van der Waals surface area contributed by atoms with Crippen LogP contribution in [0.2, 0.25) is 0 Å². The van der Waals surface area contributed by atoms with E-state index in [0.717, 1.165) is 29.4 Å². The van der Waals surface area contributed by atoms with Gasteiger partial charge in [-0.25, -0.2) is 0 Å². The van der Waals surface area contributed by atoms with Crippen LogP contribution in [0.1, 0.15) is 18.9 Å². The van der Waals surface area contributed by atoms with Crippen LogP contribution in [0.4, 0.5) is 0 Å². The summed E-state index contributed by atoms with van der Waals surface area (Å²) in [5.74, 6) is 2.67. The minimum absolute atomic E-state index is 0.00843. The molecule has 0 aliphatic carbocycles. The fourth-order valence-electron chi connectivity index (χ4n) is 2.04. The van der Waals surface area contributed by atoms with E-state index in [1.807, 2.05) is 31.2 Å². The van der Waals surface area contributed by atoms with Gasteiger partial charge in [-0.15, -0.1) is 11.8 Å². The van der Waals surface area contributed by atoms with Gasteiger partial charge >= 0.3 is 0 Å². The number of carbonyl (C=O) groups is 1. The van der Waals surface area contributed by atoms with E-state index in [1.165, 1.54) is 0 Å². The van der Waals surface area contributed by atoms with Crippen LogP contribution in [0.5, 0.6) is 5.75 Å². The number of hydrogen-bond donors (Lipinski definition) is 2. The van der Waals surface area contributed by atoms with E-state index in [2.05, 4.69) is 17.6 Å². The molecule has 1 aromatic carbocycles. The van der Waals surface area contributed by atoms with Crippen molar-refractivity contribution in [2.24, 2.45) is 0 Å². The SMILES string of the molecule is CC[C@@H](CNC(=O)[C@@H]1CSCN1)Oc1ccccc1C. The highest BCUT2D eigenvalue weighted by Gasteiger charge is 2.23. The van der Waals surface area contributed by atoms with Crippen LogP contribution >= 0.6 is 11.8 Å². The highest BCUT2D eigenvalue weighted by atomic mass is 32.2. The predicted octanol–water partition coefficient (Wildman–Crippen LogP) is 1.93. The Hall–Kier alpha value is -1.20. The Kier molecular flexibility index (Phi) is 5.73. The molecule has 1 aliphatic heterocycles. The molecule has 5 heteroatoms. The van der Waals surface area contributed by atoms with Crippen molar-refractivity contribution >= 4 is 17.7 Å². The van der Waals surface area contributed by atoms with Crippen LogP contribution in [0.15, 0.2) is 24.3 Å². The molecule has 0 bridgehead atoms. The molecule has 0 radical (unpaired) electrons. The van der Waals surface area contributed by atoms with Gasteiger partial charge in [-0.3, -0.25) is 10.1 Å². The van der Waals surface area contributed by atoms with Gasteiger partial charge in [-0.1, -0.05) is 25.1 Å². The first-order valence-corrected chi connectivity index (χ1v) is 8.17. The second kappa shape index (κ2) is 7.55. The minimum atomic E-state index is -0.0593. The lowest BCUT2D eigenvalue weighted by Crippen LogP contribution is -2.45. The summed E-state index contributed by atoms with van der Waals surface area (Å²) in [5.41, 5.74) is 1.12. The Labute approximate surface area is 124 Å². The topological polar surface area (TPSA) is 50.4 Å². The van der Waals surface area contributed by atoms with Gasteiger partial charge in [0, 0.05) is 11.6 Å². The van der Waals surface area contributed by atoms with E-state index in [4.69, 9.17) is 4.74 Å². The summed E-state index contributed by atoms with van der Waals surface area (Å²) in [6.45, 7) is 4.64. The largest absolute Gasteiger partial charge is 0.488 e. The summed E-state index contributed by atoms with van der Waals surface area (Å²) < 4.78 is 5.97. The van der Waals surface area contributed by atoms with Crippen molar-refractivity contribution in [3.8, 4) is 5.75 Å². The molecule has 1 aromatic rings. The Morgan fingerprint density at radius 3 is 3.00 bits per heavy atom. The predicted molar refractivity (Wildman–Crippen MR) is 83.1 cm³/mol. The summed E-state index contributed by atoms with van der Waals surface area (Å²) in [7, 11) is 0. The van der Waals surface area contributed by atoms with Gasteiger partial charge in [-0.05, 0) is 25.0 Å². The average molecular weight is 294 g/mol. The van der Waals surface area contributed by atoms with Crippen LogP contribution < -0.4 is 15.4 Å². The van der Waals surface area contributed by atoms with Gasteiger partial charge in [-0.2, -0.15) is 0 Å². The molecule has 2 atom stereocenters. The number of ether oxygens (including phenoxy) is 1. The monoisotopic (exact) mass is 294 g/mol. The first-order chi connectivity index (χ1) is 9.70. The molecule has 1 saturated heterocycles. The number of para-hydroxylation sites is 1. The van der Waals surface area contributed by atoms with Crippen molar-refractivity contribution < 1.29 is 9.53 Å². The van der Waals surface area contributed by atoms with E-state index in [-0.39, 0.29) is 18.1 Å². The third-order valence-electron chi connectivity index (χ3n) is 3.38. The first kappa shape index (κ1) is 15.2. The van der Waals surface area contributed by atoms with Crippen LogP contribution in [-0.4, -0.2) is 36.2 Å². The number of aryl methyl sites for hydroxylation is 1. The van der Waals surface area contributed by atoms with Crippen LogP contribution in [-0.2, 0) is 4.79 Å². The van der Waals surface area contributed by atoms with Crippen molar-refractivity contribution in [3.05, 3.63) is 29.8 Å². The first-order valence-electron chi connectivity index (χ1n) is 7.01. The van der Waals surface area contributed by atoms with Crippen LogP contribution in [0, 0.1) is 6.92 Å².